The zero-order valence-corrected chi connectivity index (χ0v) is 21.0. The molecule has 3 aromatic heterocycles. The molecule has 0 aliphatic heterocycles. The van der Waals surface area contributed by atoms with E-state index in [2.05, 4.69) is 15.8 Å². The zero-order chi connectivity index (χ0) is 25.2. The van der Waals surface area contributed by atoms with E-state index in [9.17, 15) is 5.11 Å². The van der Waals surface area contributed by atoms with Crippen molar-refractivity contribution in [2.45, 2.75) is 64.3 Å². The molecule has 184 valence electrons. The van der Waals surface area contributed by atoms with Gasteiger partial charge in [-0.05, 0) is 70.2 Å². The highest BCUT2D eigenvalue weighted by Crippen LogP contribution is 2.50. The number of pyridine rings is 1. The van der Waals surface area contributed by atoms with Crippen molar-refractivity contribution < 1.29 is 14.0 Å². The maximum Gasteiger partial charge on any atom is 0.141 e. The van der Waals surface area contributed by atoms with E-state index in [0.717, 1.165) is 62.1 Å². The van der Waals surface area contributed by atoms with E-state index in [1.54, 1.807) is 13.8 Å². The first kappa shape index (κ1) is 22.9. The summed E-state index contributed by atoms with van der Waals surface area (Å²) in [5, 5.41) is 15.9. The molecule has 0 bridgehead atoms. The van der Waals surface area contributed by atoms with E-state index in [0.29, 0.717) is 12.8 Å². The largest absolute Gasteiger partial charge is 0.386 e. The Morgan fingerprint density at radius 3 is 2.42 bits per heavy atom. The summed E-state index contributed by atoms with van der Waals surface area (Å²) in [6, 6.07) is 17.4. The smallest absolute Gasteiger partial charge is 0.141 e. The first-order valence-electron chi connectivity index (χ1n) is 12.5. The molecule has 1 N–H and O–H groups in total. The Morgan fingerprint density at radius 1 is 1.06 bits per heavy atom. The lowest BCUT2D eigenvalue weighted by Crippen LogP contribution is -2.42. The molecule has 0 amide bonds. The summed E-state index contributed by atoms with van der Waals surface area (Å²) >= 11 is 0. The van der Waals surface area contributed by atoms with Gasteiger partial charge in [0.1, 0.15) is 11.4 Å². The molecule has 5 aromatic rings. The summed E-state index contributed by atoms with van der Waals surface area (Å²) in [6.07, 6.45) is 3.73. The number of fused-ring (bicyclic) bond motifs is 3. The Bertz CT molecular complexity index is 1570. The van der Waals surface area contributed by atoms with Crippen LogP contribution in [0.3, 0.4) is 0 Å². The third-order valence-electron chi connectivity index (χ3n) is 7.72. The average molecular weight is 484 g/mol. The number of rotatable bonds is 5. The summed E-state index contributed by atoms with van der Waals surface area (Å²) < 4.78 is 24.1. The van der Waals surface area contributed by atoms with Gasteiger partial charge in [0.05, 0.1) is 33.9 Å². The van der Waals surface area contributed by atoms with Crippen LogP contribution in [0.4, 0.5) is 4.39 Å². The summed E-state index contributed by atoms with van der Waals surface area (Å²) in [4.78, 5) is 4.89. The number of halogens is 1. The second-order valence-corrected chi connectivity index (χ2v) is 10.7. The number of alkyl halides is 1. The van der Waals surface area contributed by atoms with Crippen molar-refractivity contribution in [1.82, 2.24) is 14.7 Å². The van der Waals surface area contributed by atoms with Crippen LogP contribution in [0.2, 0.25) is 0 Å². The van der Waals surface area contributed by atoms with Crippen molar-refractivity contribution in [1.29, 1.82) is 0 Å². The molecule has 1 fully saturated rings. The van der Waals surface area contributed by atoms with Gasteiger partial charge in [-0.15, -0.1) is 0 Å². The fourth-order valence-corrected chi connectivity index (χ4v) is 5.70. The molecule has 0 unspecified atom stereocenters. The van der Waals surface area contributed by atoms with Crippen LogP contribution in [-0.2, 0) is 5.60 Å². The lowest BCUT2D eigenvalue weighted by molar-refractivity contribution is 0.0242. The second-order valence-electron chi connectivity index (χ2n) is 10.7. The van der Waals surface area contributed by atoms with E-state index in [1.165, 1.54) is 0 Å². The second kappa shape index (κ2) is 8.00. The van der Waals surface area contributed by atoms with Crippen LogP contribution in [0.1, 0.15) is 61.7 Å². The monoisotopic (exact) mass is 483 g/mol. The highest BCUT2D eigenvalue weighted by atomic mass is 19.1. The van der Waals surface area contributed by atoms with Crippen LogP contribution in [0.15, 0.2) is 65.3 Å². The predicted octanol–water partition coefficient (Wildman–Crippen LogP) is 7.17. The number of aliphatic hydroxyl groups is 1. The molecule has 1 aliphatic carbocycles. The van der Waals surface area contributed by atoms with Crippen LogP contribution in [0.5, 0.6) is 0 Å². The van der Waals surface area contributed by atoms with Gasteiger partial charge < -0.3 is 14.2 Å². The van der Waals surface area contributed by atoms with Gasteiger partial charge in [0.2, 0.25) is 0 Å². The number of hydrogen-bond acceptors (Lipinski definition) is 4. The topological polar surface area (TPSA) is 64.1 Å². The Morgan fingerprint density at radius 2 is 1.81 bits per heavy atom. The molecule has 6 heteroatoms. The number of nitrogens with zero attached hydrogens (tertiary/aromatic N) is 3. The van der Waals surface area contributed by atoms with Gasteiger partial charge in [0.15, 0.2) is 0 Å². The molecule has 1 atom stereocenters. The van der Waals surface area contributed by atoms with E-state index < -0.39 is 17.3 Å². The summed E-state index contributed by atoms with van der Waals surface area (Å²) in [5.41, 5.74) is 4.42. The molecule has 0 spiro atoms. The van der Waals surface area contributed by atoms with Gasteiger partial charge in [0.25, 0.3) is 0 Å². The van der Waals surface area contributed by atoms with Crippen molar-refractivity contribution in [3.8, 4) is 11.1 Å². The van der Waals surface area contributed by atoms with Crippen LogP contribution in [0.25, 0.3) is 33.1 Å². The van der Waals surface area contributed by atoms with Gasteiger partial charge in [-0.25, -0.2) is 4.39 Å². The maximum absolute atomic E-state index is 16.6. The number of aryl methyl sites for hydroxylation is 2. The van der Waals surface area contributed by atoms with E-state index in [-0.39, 0.29) is 0 Å². The van der Waals surface area contributed by atoms with Crippen molar-refractivity contribution in [3.05, 3.63) is 83.4 Å². The third kappa shape index (κ3) is 3.46. The average Bonchev–Trinajstić information content (AvgIpc) is 3.34. The SMILES string of the molecule is Cc1noc(C)c1-c1cnc2c3ccc(C(C)(C)O)cc3n([C@@H](c3ccccc3)C3(F)CCC3)c2c1. The third-order valence-corrected chi connectivity index (χ3v) is 7.72. The van der Waals surface area contributed by atoms with Crippen molar-refractivity contribution >= 4 is 21.9 Å². The van der Waals surface area contributed by atoms with Gasteiger partial charge in [0, 0.05) is 22.7 Å². The molecule has 2 aromatic carbocycles. The molecular weight excluding hydrogens is 453 g/mol. The Labute approximate surface area is 209 Å². The maximum atomic E-state index is 16.6. The van der Waals surface area contributed by atoms with Crippen molar-refractivity contribution in [3.63, 3.8) is 0 Å². The predicted molar refractivity (Wildman–Crippen MR) is 140 cm³/mol. The van der Waals surface area contributed by atoms with E-state index in [4.69, 9.17) is 9.51 Å². The molecule has 1 saturated carbocycles. The summed E-state index contributed by atoms with van der Waals surface area (Å²) in [7, 11) is 0. The van der Waals surface area contributed by atoms with Crippen LogP contribution < -0.4 is 0 Å². The lowest BCUT2D eigenvalue weighted by atomic mass is 9.73. The quantitative estimate of drug-likeness (QED) is 0.288. The normalized spacial score (nSPS) is 16.4. The Hall–Kier alpha value is -3.51. The molecular formula is C30H30FN3O2. The van der Waals surface area contributed by atoms with E-state index in [1.807, 2.05) is 68.6 Å². The Balaban J connectivity index is 1.72. The molecule has 0 radical (unpaired) electrons. The first-order valence-corrected chi connectivity index (χ1v) is 12.5. The number of benzene rings is 2. The minimum absolute atomic E-state index is 0.510. The van der Waals surface area contributed by atoms with Crippen molar-refractivity contribution in [2.75, 3.05) is 0 Å². The molecule has 6 rings (SSSR count). The highest BCUT2D eigenvalue weighted by molar-refractivity contribution is 6.07. The molecule has 36 heavy (non-hydrogen) atoms. The van der Waals surface area contributed by atoms with Crippen LogP contribution in [-0.4, -0.2) is 25.5 Å². The zero-order valence-electron chi connectivity index (χ0n) is 21.0. The van der Waals surface area contributed by atoms with Crippen LogP contribution in [0, 0.1) is 13.8 Å². The minimum atomic E-state index is -1.37. The van der Waals surface area contributed by atoms with E-state index >= 15 is 4.39 Å². The highest BCUT2D eigenvalue weighted by Gasteiger charge is 2.47. The molecule has 0 saturated heterocycles. The number of hydrogen-bond donors (Lipinski definition) is 1. The summed E-state index contributed by atoms with van der Waals surface area (Å²) in [5.74, 6) is 0.723. The van der Waals surface area contributed by atoms with Gasteiger partial charge >= 0.3 is 0 Å². The van der Waals surface area contributed by atoms with Gasteiger partial charge in [-0.3, -0.25) is 4.98 Å². The summed E-state index contributed by atoms with van der Waals surface area (Å²) in [6.45, 7) is 7.35. The van der Waals surface area contributed by atoms with Crippen molar-refractivity contribution in [2.24, 2.45) is 0 Å². The fourth-order valence-electron chi connectivity index (χ4n) is 5.70. The molecule has 5 nitrogen and oxygen atoms in total. The van der Waals surface area contributed by atoms with Gasteiger partial charge in [-0.2, -0.15) is 0 Å². The lowest BCUT2D eigenvalue weighted by Gasteiger charge is -2.42. The fraction of sp³-hybridized carbons (Fsp3) is 0.333. The van der Waals surface area contributed by atoms with Gasteiger partial charge in [-0.1, -0.05) is 47.6 Å². The minimum Gasteiger partial charge on any atom is -0.386 e. The number of aromatic nitrogens is 3. The Kier molecular flexibility index (Phi) is 5.09. The van der Waals surface area contributed by atoms with Crippen LogP contribution >= 0.6 is 0 Å². The standard InChI is InChI=1S/C30H30FN3O2/c1-18-26(19(2)36-33-18)21-15-25-27(32-17-21)23-12-11-22(29(3,4)35)16-24(23)34(25)28(30(31)13-8-14-30)20-9-6-5-7-10-20/h5-7,9-12,15-17,28,35H,8,13-14H2,1-4H3/t28-/m0/s1. The first-order chi connectivity index (χ1) is 17.2. The molecule has 3 heterocycles. The molecule has 1 aliphatic rings.